The van der Waals surface area contributed by atoms with Crippen LogP contribution in [0.15, 0.2) is 0 Å². The third-order valence-corrected chi connectivity index (χ3v) is 3.41. The topological polar surface area (TPSA) is 33.7 Å². The molecule has 0 aliphatic carbocycles. The van der Waals surface area contributed by atoms with Gasteiger partial charge in [0.2, 0.25) is 0 Å². The summed E-state index contributed by atoms with van der Waals surface area (Å²) in [7, 11) is 1.76. The van der Waals surface area contributed by atoms with Gasteiger partial charge >= 0.3 is 0 Å². The van der Waals surface area contributed by atoms with E-state index in [-0.39, 0.29) is 0 Å². The van der Waals surface area contributed by atoms with Crippen LogP contribution in [0.5, 0.6) is 0 Å². The Balaban J connectivity index is 2.05. The smallest absolute Gasteiger partial charge is 0.0700 e. The summed E-state index contributed by atoms with van der Waals surface area (Å²) in [6, 6.07) is 0.495. The highest BCUT2D eigenvalue weighted by Crippen LogP contribution is 2.10. The molecule has 0 aromatic heterocycles. The molecule has 1 N–H and O–H groups in total. The quantitative estimate of drug-likeness (QED) is 0.616. The number of likely N-dealkylation sites (N-methyl/N-ethyl adjacent to an activating group) is 1. The van der Waals surface area contributed by atoms with Crippen molar-refractivity contribution in [3.05, 3.63) is 0 Å². The van der Waals surface area contributed by atoms with E-state index in [4.69, 9.17) is 9.47 Å². The first kappa shape index (κ1) is 14.9. The van der Waals surface area contributed by atoms with E-state index in [1.54, 1.807) is 7.11 Å². The van der Waals surface area contributed by atoms with Crippen molar-refractivity contribution < 1.29 is 9.47 Å². The highest BCUT2D eigenvalue weighted by atomic mass is 16.5. The second-order valence-corrected chi connectivity index (χ2v) is 4.77. The number of hydrogen-bond donors (Lipinski definition) is 1. The average molecular weight is 244 g/mol. The van der Waals surface area contributed by atoms with Gasteiger partial charge in [-0.2, -0.15) is 0 Å². The Morgan fingerprint density at radius 2 is 2.35 bits per heavy atom. The minimum Gasteiger partial charge on any atom is -0.383 e. The molecule has 1 saturated heterocycles. The second-order valence-electron chi connectivity index (χ2n) is 4.77. The van der Waals surface area contributed by atoms with Gasteiger partial charge in [-0.25, -0.2) is 0 Å². The maximum absolute atomic E-state index is 5.58. The van der Waals surface area contributed by atoms with Gasteiger partial charge in [-0.3, -0.25) is 4.90 Å². The number of nitrogens with one attached hydrogen (secondary N) is 1. The molecule has 1 aliphatic rings. The van der Waals surface area contributed by atoms with Crippen molar-refractivity contribution in [2.24, 2.45) is 0 Å². The van der Waals surface area contributed by atoms with Crippen LogP contribution in [0.3, 0.4) is 0 Å². The monoisotopic (exact) mass is 244 g/mol. The Bertz CT molecular complexity index is 184. The summed E-state index contributed by atoms with van der Waals surface area (Å²) >= 11 is 0. The van der Waals surface area contributed by atoms with Crippen molar-refractivity contribution in [1.82, 2.24) is 10.2 Å². The highest BCUT2D eigenvalue weighted by Gasteiger charge is 2.15. The van der Waals surface area contributed by atoms with Crippen LogP contribution in [-0.2, 0) is 9.47 Å². The number of hydrogen-bond acceptors (Lipinski definition) is 4. The predicted molar refractivity (Wildman–Crippen MR) is 70.4 cm³/mol. The Kier molecular flexibility index (Phi) is 7.77. The standard InChI is InChI=1S/C13H28N2O2/c1-4-15(12(2)11-16-3)8-7-14-10-13-6-5-9-17-13/h12-14H,4-11H2,1-3H3. The van der Waals surface area contributed by atoms with Crippen molar-refractivity contribution in [3.8, 4) is 0 Å². The lowest BCUT2D eigenvalue weighted by Gasteiger charge is -2.27. The Labute approximate surface area is 106 Å². The molecule has 0 spiro atoms. The van der Waals surface area contributed by atoms with Gasteiger partial charge in [-0.1, -0.05) is 6.92 Å². The summed E-state index contributed by atoms with van der Waals surface area (Å²) in [6.07, 6.45) is 2.88. The van der Waals surface area contributed by atoms with Gasteiger partial charge in [0.15, 0.2) is 0 Å². The number of ether oxygens (including phenoxy) is 2. The molecule has 4 heteroatoms. The molecule has 1 heterocycles. The molecule has 2 atom stereocenters. The largest absolute Gasteiger partial charge is 0.383 e. The molecule has 1 rings (SSSR count). The normalized spacial score (nSPS) is 22.2. The first-order valence-electron chi connectivity index (χ1n) is 6.83. The lowest BCUT2D eigenvalue weighted by molar-refractivity contribution is 0.0966. The second kappa shape index (κ2) is 8.86. The zero-order chi connectivity index (χ0) is 12.5. The molecular formula is C13H28N2O2. The maximum Gasteiger partial charge on any atom is 0.0700 e. The minimum absolute atomic E-state index is 0.446. The fourth-order valence-electron chi connectivity index (χ4n) is 2.33. The summed E-state index contributed by atoms with van der Waals surface area (Å²) in [4.78, 5) is 2.44. The molecule has 0 amide bonds. The van der Waals surface area contributed by atoms with Crippen LogP contribution in [0.2, 0.25) is 0 Å². The van der Waals surface area contributed by atoms with Gasteiger partial charge in [0.25, 0.3) is 0 Å². The van der Waals surface area contributed by atoms with Crippen LogP contribution in [0.1, 0.15) is 26.7 Å². The molecule has 4 nitrogen and oxygen atoms in total. The predicted octanol–water partition coefficient (Wildman–Crippen LogP) is 1.11. The Morgan fingerprint density at radius 3 is 2.94 bits per heavy atom. The lowest BCUT2D eigenvalue weighted by atomic mass is 10.2. The first-order valence-corrected chi connectivity index (χ1v) is 6.83. The molecule has 17 heavy (non-hydrogen) atoms. The average Bonchev–Trinajstić information content (AvgIpc) is 2.82. The molecule has 1 fully saturated rings. The Morgan fingerprint density at radius 1 is 1.53 bits per heavy atom. The van der Waals surface area contributed by atoms with Crippen LogP contribution >= 0.6 is 0 Å². The molecule has 0 bridgehead atoms. The van der Waals surface area contributed by atoms with Gasteiger partial charge in [-0.15, -0.1) is 0 Å². The van der Waals surface area contributed by atoms with Crippen molar-refractivity contribution >= 4 is 0 Å². The van der Waals surface area contributed by atoms with Gasteiger partial charge in [-0.05, 0) is 26.3 Å². The van der Waals surface area contributed by atoms with Gasteiger partial charge in [0.05, 0.1) is 12.7 Å². The van der Waals surface area contributed by atoms with E-state index in [0.29, 0.717) is 12.1 Å². The zero-order valence-corrected chi connectivity index (χ0v) is 11.6. The number of methoxy groups -OCH3 is 1. The first-order chi connectivity index (χ1) is 8.27. The van der Waals surface area contributed by atoms with E-state index in [1.165, 1.54) is 12.8 Å². The molecule has 0 radical (unpaired) electrons. The maximum atomic E-state index is 5.58. The zero-order valence-electron chi connectivity index (χ0n) is 11.6. The summed E-state index contributed by atoms with van der Waals surface area (Å²) in [6.45, 7) is 10.3. The summed E-state index contributed by atoms with van der Waals surface area (Å²) in [5, 5.41) is 3.48. The molecular weight excluding hydrogens is 216 g/mol. The third-order valence-electron chi connectivity index (χ3n) is 3.41. The molecule has 0 aromatic carbocycles. The van der Waals surface area contributed by atoms with Crippen LogP contribution < -0.4 is 5.32 Å². The van der Waals surface area contributed by atoms with E-state index < -0.39 is 0 Å². The molecule has 0 aromatic rings. The van der Waals surface area contributed by atoms with E-state index >= 15 is 0 Å². The molecule has 0 saturated carbocycles. The van der Waals surface area contributed by atoms with Gasteiger partial charge in [0.1, 0.15) is 0 Å². The summed E-state index contributed by atoms with van der Waals surface area (Å²) in [5.41, 5.74) is 0. The highest BCUT2D eigenvalue weighted by molar-refractivity contribution is 4.70. The minimum atomic E-state index is 0.446. The van der Waals surface area contributed by atoms with Gasteiger partial charge < -0.3 is 14.8 Å². The van der Waals surface area contributed by atoms with E-state index in [9.17, 15) is 0 Å². The molecule has 2 unspecified atom stereocenters. The summed E-state index contributed by atoms with van der Waals surface area (Å²) < 4.78 is 10.8. The van der Waals surface area contributed by atoms with Crippen molar-refractivity contribution in [2.75, 3.05) is 46.5 Å². The van der Waals surface area contributed by atoms with Crippen LogP contribution in [0.25, 0.3) is 0 Å². The van der Waals surface area contributed by atoms with Crippen LogP contribution in [-0.4, -0.2) is 63.5 Å². The van der Waals surface area contributed by atoms with Crippen LogP contribution in [0, 0.1) is 0 Å². The summed E-state index contributed by atoms with van der Waals surface area (Å²) in [5.74, 6) is 0. The fourth-order valence-corrected chi connectivity index (χ4v) is 2.33. The lowest BCUT2D eigenvalue weighted by Crippen LogP contribution is -2.41. The van der Waals surface area contributed by atoms with Crippen LogP contribution in [0.4, 0.5) is 0 Å². The fraction of sp³-hybridized carbons (Fsp3) is 1.00. The number of rotatable bonds is 9. The van der Waals surface area contributed by atoms with Crippen molar-refractivity contribution in [2.45, 2.75) is 38.8 Å². The van der Waals surface area contributed by atoms with E-state index in [2.05, 4.69) is 24.1 Å². The van der Waals surface area contributed by atoms with Crippen molar-refractivity contribution in [3.63, 3.8) is 0 Å². The number of nitrogens with zero attached hydrogens (tertiary/aromatic N) is 1. The van der Waals surface area contributed by atoms with Gasteiger partial charge in [0, 0.05) is 39.4 Å². The SMILES string of the molecule is CCN(CCNCC1CCCO1)C(C)COC. The van der Waals surface area contributed by atoms with Crippen molar-refractivity contribution in [1.29, 1.82) is 0 Å². The van der Waals surface area contributed by atoms with E-state index in [1.807, 2.05) is 0 Å². The molecule has 1 aliphatic heterocycles. The third kappa shape index (κ3) is 5.82. The molecule has 102 valence electrons. The Hall–Kier alpha value is -0.160. The van der Waals surface area contributed by atoms with E-state index in [0.717, 1.165) is 39.4 Å².